The van der Waals surface area contributed by atoms with E-state index in [2.05, 4.69) is 20.1 Å². The molecule has 1 aromatic carbocycles. The number of nitrogens with zero attached hydrogens (tertiary/aromatic N) is 7. The molecule has 5 aromatic rings. The van der Waals surface area contributed by atoms with Gasteiger partial charge in [-0.3, -0.25) is 14.6 Å². The van der Waals surface area contributed by atoms with Gasteiger partial charge in [0.05, 0.1) is 12.2 Å². The molecule has 0 saturated carbocycles. The Kier molecular flexibility index (Phi) is 5.53. The van der Waals surface area contributed by atoms with Crippen molar-refractivity contribution in [1.29, 1.82) is 0 Å². The topological polar surface area (TPSA) is 107 Å². The number of fused-ring (bicyclic) bond motifs is 2. The summed E-state index contributed by atoms with van der Waals surface area (Å²) in [7, 11) is 1.85. The maximum absolute atomic E-state index is 14.4. The van der Waals surface area contributed by atoms with E-state index in [9.17, 15) is 9.18 Å². The summed E-state index contributed by atoms with van der Waals surface area (Å²) in [5, 5.41) is 8.40. The van der Waals surface area contributed by atoms with Crippen LogP contribution in [-0.4, -0.2) is 47.1 Å². The number of hydrogen-bond donors (Lipinski definition) is 1. The van der Waals surface area contributed by atoms with Gasteiger partial charge in [0.2, 0.25) is 5.95 Å². The molecule has 0 amide bonds. The van der Waals surface area contributed by atoms with Crippen molar-refractivity contribution in [2.75, 3.05) is 12.3 Å². The Morgan fingerprint density at radius 2 is 2.00 bits per heavy atom. The standard InChI is InChI=1S/C27H25FN8O/c1-16(22-11-20(28)3-4-21(22)19-13-31-34(2)14-19)35-7-6-24-23(25(35)15-37)9-18(12-30-24)17-5-8-36-26(10-17)32-27(29)33-36/h3-5,8-16,25H,6-7H2,1-2H3,(H2,29,33). The molecule has 5 heterocycles. The Labute approximate surface area is 212 Å². The van der Waals surface area contributed by atoms with E-state index in [1.54, 1.807) is 33.7 Å². The first-order chi connectivity index (χ1) is 17.9. The summed E-state index contributed by atoms with van der Waals surface area (Å²) < 4.78 is 17.8. The van der Waals surface area contributed by atoms with Gasteiger partial charge in [-0.25, -0.2) is 8.91 Å². The van der Waals surface area contributed by atoms with Crippen LogP contribution in [0.3, 0.4) is 0 Å². The predicted molar refractivity (Wildman–Crippen MR) is 137 cm³/mol. The zero-order valence-corrected chi connectivity index (χ0v) is 20.4. The molecule has 0 saturated heterocycles. The van der Waals surface area contributed by atoms with Gasteiger partial charge in [0.15, 0.2) is 5.65 Å². The van der Waals surface area contributed by atoms with Gasteiger partial charge in [-0.15, -0.1) is 5.10 Å². The zero-order valence-electron chi connectivity index (χ0n) is 20.4. The van der Waals surface area contributed by atoms with Crippen LogP contribution in [0.2, 0.25) is 0 Å². The number of carbonyl (C=O) groups excluding carboxylic acids is 1. The number of carbonyl (C=O) groups is 1. The van der Waals surface area contributed by atoms with E-state index in [1.807, 2.05) is 44.6 Å². The summed E-state index contributed by atoms with van der Waals surface area (Å²) in [5.41, 5.74) is 12.5. The minimum atomic E-state index is -0.524. The van der Waals surface area contributed by atoms with Crippen molar-refractivity contribution < 1.29 is 9.18 Å². The molecule has 0 radical (unpaired) electrons. The van der Waals surface area contributed by atoms with E-state index >= 15 is 0 Å². The highest BCUT2D eigenvalue weighted by Gasteiger charge is 2.33. The molecular formula is C27H25FN8O. The SMILES string of the molecule is CC(c1cc(F)ccc1-c1cnn(C)c1)N1CCc2ncc(-c3ccn4nc(N)nc4c3)cc2C1C=O. The highest BCUT2D eigenvalue weighted by atomic mass is 19.1. The minimum absolute atomic E-state index is 0.203. The van der Waals surface area contributed by atoms with Crippen LogP contribution in [0.4, 0.5) is 10.3 Å². The monoisotopic (exact) mass is 496 g/mol. The Bertz CT molecular complexity index is 1640. The average molecular weight is 497 g/mol. The summed E-state index contributed by atoms with van der Waals surface area (Å²) in [6, 6.07) is 9.85. The first kappa shape index (κ1) is 23.0. The Hall–Kier alpha value is -4.44. The number of aldehydes is 1. The predicted octanol–water partition coefficient (Wildman–Crippen LogP) is 3.77. The summed E-state index contributed by atoms with van der Waals surface area (Å²) in [6.45, 7) is 2.63. The molecule has 0 bridgehead atoms. The normalized spacial score (nSPS) is 16.6. The van der Waals surface area contributed by atoms with E-state index in [0.717, 1.165) is 45.4 Å². The van der Waals surface area contributed by atoms with Crippen molar-refractivity contribution in [3.8, 4) is 22.3 Å². The van der Waals surface area contributed by atoms with Crippen LogP contribution in [0.5, 0.6) is 0 Å². The number of aryl methyl sites for hydroxylation is 1. The van der Waals surface area contributed by atoms with Crippen LogP contribution in [0.1, 0.15) is 35.8 Å². The lowest BCUT2D eigenvalue weighted by Crippen LogP contribution is -2.38. The number of benzene rings is 1. The third-order valence-electron chi connectivity index (χ3n) is 7.08. The number of halogens is 1. The fourth-order valence-corrected chi connectivity index (χ4v) is 5.23. The van der Waals surface area contributed by atoms with Gasteiger partial charge < -0.3 is 10.5 Å². The van der Waals surface area contributed by atoms with Crippen molar-refractivity contribution in [2.24, 2.45) is 7.05 Å². The fraction of sp³-hybridized carbons (Fsp3) is 0.222. The molecule has 9 nitrogen and oxygen atoms in total. The number of nitrogens with two attached hydrogens (primary N) is 1. The van der Waals surface area contributed by atoms with E-state index in [1.165, 1.54) is 6.07 Å². The molecular weight excluding hydrogens is 471 g/mol. The van der Waals surface area contributed by atoms with Gasteiger partial charge in [0.25, 0.3) is 0 Å². The molecule has 0 aliphatic carbocycles. The molecule has 2 N–H and O–H groups in total. The van der Waals surface area contributed by atoms with E-state index < -0.39 is 6.04 Å². The number of anilines is 1. The van der Waals surface area contributed by atoms with Gasteiger partial charge >= 0.3 is 0 Å². The zero-order chi connectivity index (χ0) is 25.7. The molecule has 1 aliphatic heterocycles. The van der Waals surface area contributed by atoms with Crippen LogP contribution >= 0.6 is 0 Å². The lowest BCUT2D eigenvalue weighted by molar-refractivity contribution is -0.113. The molecule has 6 rings (SSSR count). The lowest BCUT2D eigenvalue weighted by atomic mass is 9.90. The number of aromatic nitrogens is 6. The fourth-order valence-electron chi connectivity index (χ4n) is 5.23. The van der Waals surface area contributed by atoms with Crippen molar-refractivity contribution >= 4 is 17.9 Å². The Morgan fingerprint density at radius 1 is 1.14 bits per heavy atom. The number of nitrogen functional groups attached to an aromatic ring is 1. The maximum atomic E-state index is 14.4. The molecule has 0 spiro atoms. The molecule has 10 heteroatoms. The maximum Gasteiger partial charge on any atom is 0.240 e. The minimum Gasteiger partial charge on any atom is -0.366 e. The third kappa shape index (κ3) is 4.05. The lowest BCUT2D eigenvalue weighted by Gasteiger charge is -2.39. The Balaban J connectivity index is 1.38. The summed E-state index contributed by atoms with van der Waals surface area (Å²) in [5.74, 6) is -0.114. The van der Waals surface area contributed by atoms with Crippen LogP contribution in [0, 0.1) is 5.82 Å². The molecule has 2 atom stereocenters. The largest absolute Gasteiger partial charge is 0.366 e. The van der Waals surface area contributed by atoms with Gasteiger partial charge in [0.1, 0.15) is 12.1 Å². The van der Waals surface area contributed by atoms with E-state index in [-0.39, 0.29) is 17.8 Å². The molecule has 2 unspecified atom stereocenters. The van der Waals surface area contributed by atoms with Gasteiger partial charge in [-0.1, -0.05) is 6.07 Å². The van der Waals surface area contributed by atoms with Crippen LogP contribution in [0.25, 0.3) is 27.9 Å². The van der Waals surface area contributed by atoms with E-state index in [0.29, 0.717) is 18.6 Å². The first-order valence-corrected chi connectivity index (χ1v) is 12.0. The van der Waals surface area contributed by atoms with Gasteiger partial charge in [0, 0.05) is 61.5 Å². The molecule has 37 heavy (non-hydrogen) atoms. The van der Waals surface area contributed by atoms with Crippen LogP contribution < -0.4 is 5.73 Å². The smallest absolute Gasteiger partial charge is 0.240 e. The quantitative estimate of drug-likeness (QED) is 0.369. The molecule has 4 aromatic heterocycles. The number of pyridine rings is 2. The van der Waals surface area contributed by atoms with Crippen molar-refractivity contribution in [3.63, 3.8) is 0 Å². The summed E-state index contributed by atoms with van der Waals surface area (Å²) in [4.78, 5) is 23.6. The Morgan fingerprint density at radius 3 is 2.78 bits per heavy atom. The van der Waals surface area contributed by atoms with Crippen molar-refractivity contribution in [1.82, 2.24) is 34.3 Å². The number of hydrogen-bond acceptors (Lipinski definition) is 7. The number of rotatable bonds is 5. The molecule has 0 fully saturated rings. The van der Waals surface area contributed by atoms with Gasteiger partial charge in [-0.2, -0.15) is 10.1 Å². The van der Waals surface area contributed by atoms with Gasteiger partial charge in [-0.05, 0) is 59.5 Å². The second-order valence-corrected chi connectivity index (χ2v) is 9.33. The summed E-state index contributed by atoms with van der Waals surface area (Å²) >= 11 is 0. The first-order valence-electron chi connectivity index (χ1n) is 12.0. The summed E-state index contributed by atoms with van der Waals surface area (Å²) in [6.07, 6.45) is 8.92. The highest BCUT2D eigenvalue weighted by Crippen LogP contribution is 2.39. The molecule has 186 valence electrons. The van der Waals surface area contributed by atoms with Crippen LogP contribution in [-0.2, 0) is 18.3 Å². The van der Waals surface area contributed by atoms with E-state index in [4.69, 9.17) is 10.7 Å². The second-order valence-electron chi connectivity index (χ2n) is 9.33. The second kappa shape index (κ2) is 8.90. The average Bonchev–Trinajstić information content (AvgIpc) is 3.50. The third-order valence-corrected chi connectivity index (χ3v) is 7.08. The van der Waals surface area contributed by atoms with Crippen LogP contribution in [0.15, 0.2) is 61.2 Å². The van der Waals surface area contributed by atoms with Crippen molar-refractivity contribution in [2.45, 2.75) is 25.4 Å². The highest BCUT2D eigenvalue weighted by molar-refractivity contribution is 5.71. The van der Waals surface area contributed by atoms with Crippen molar-refractivity contribution in [3.05, 3.63) is 83.8 Å². The molecule has 1 aliphatic rings.